The third kappa shape index (κ3) is 11.0. The first kappa shape index (κ1) is 37.3. The number of unbranched alkanes of at least 4 members (excludes halogenated alkanes) is 1. The summed E-state index contributed by atoms with van der Waals surface area (Å²) in [6, 6.07) is 32.7. The van der Waals surface area contributed by atoms with Gasteiger partial charge in [0.2, 0.25) is 5.56 Å². The monoisotopic (exact) mass is 690 g/mol. The Morgan fingerprint density at radius 2 is 1.57 bits per heavy atom. The molecule has 268 valence electrons. The second kappa shape index (κ2) is 17.8. The fraction of sp³-hybridized carbons (Fsp3) is 0.333. The van der Waals surface area contributed by atoms with E-state index in [0.29, 0.717) is 29.6 Å². The van der Waals surface area contributed by atoms with E-state index in [1.807, 2.05) is 68.4 Å². The first-order chi connectivity index (χ1) is 24.6. The van der Waals surface area contributed by atoms with Crippen molar-refractivity contribution in [3.63, 3.8) is 0 Å². The van der Waals surface area contributed by atoms with E-state index in [2.05, 4.69) is 51.8 Å². The third-order valence-corrected chi connectivity index (χ3v) is 9.19. The Hall–Kier alpha value is -4.96. The maximum atomic E-state index is 12.8. The summed E-state index contributed by atoms with van der Waals surface area (Å²) in [6.07, 6.45) is 3.52. The second-order valence-electron chi connectivity index (χ2n) is 13.8. The number of nitrogens with zero attached hydrogens (tertiary/aromatic N) is 1. The minimum atomic E-state index is -0.777. The molecular formula is C42H50N4O5. The van der Waals surface area contributed by atoms with Crippen molar-refractivity contribution in [2.24, 2.45) is 0 Å². The minimum absolute atomic E-state index is 0.0190. The summed E-state index contributed by atoms with van der Waals surface area (Å²) >= 11 is 0. The number of carbonyl (C=O) groups is 1. The van der Waals surface area contributed by atoms with E-state index in [0.717, 1.165) is 62.0 Å². The molecule has 0 radical (unpaired) electrons. The van der Waals surface area contributed by atoms with Crippen LogP contribution in [-0.2, 0) is 17.6 Å². The number of aliphatic hydroxyl groups is 1. The number of ether oxygens (including phenoxy) is 1. The van der Waals surface area contributed by atoms with Gasteiger partial charge in [-0.05, 0) is 107 Å². The van der Waals surface area contributed by atoms with Gasteiger partial charge in [0.05, 0.1) is 17.3 Å². The molecule has 1 heterocycles. The number of phenols is 1. The smallest absolute Gasteiger partial charge is 0.412 e. The van der Waals surface area contributed by atoms with Crippen LogP contribution in [-0.4, -0.2) is 65.0 Å². The van der Waals surface area contributed by atoms with Crippen LogP contribution in [0.3, 0.4) is 0 Å². The number of benzene rings is 4. The van der Waals surface area contributed by atoms with E-state index >= 15 is 0 Å². The van der Waals surface area contributed by atoms with Gasteiger partial charge in [0.1, 0.15) is 11.4 Å². The zero-order chi connectivity index (χ0) is 36.2. The average molecular weight is 691 g/mol. The number of rotatable bonds is 17. The van der Waals surface area contributed by atoms with Crippen LogP contribution in [0.1, 0.15) is 55.9 Å². The summed E-state index contributed by atoms with van der Waals surface area (Å²) in [5, 5.41) is 27.7. The van der Waals surface area contributed by atoms with Crippen molar-refractivity contribution >= 4 is 22.7 Å². The van der Waals surface area contributed by atoms with E-state index in [1.165, 1.54) is 23.3 Å². The van der Waals surface area contributed by atoms with Crippen molar-refractivity contribution in [1.82, 2.24) is 15.2 Å². The number of anilines is 1. The van der Waals surface area contributed by atoms with Gasteiger partial charge in [-0.25, -0.2) is 4.79 Å². The lowest BCUT2D eigenvalue weighted by Gasteiger charge is -2.28. The molecule has 1 atom stereocenters. The summed E-state index contributed by atoms with van der Waals surface area (Å²) < 4.78 is 5.85. The quantitative estimate of drug-likeness (QED) is 0.0642. The largest absolute Gasteiger partial charge is 0.506 e. The van der Waals surface area contributed by atoms with E-state index in [-0.39, 0.29) is 11.3 Å². The Morgan fingerprint density at radius 1 is 0.863 bits per heavy atom. The molecule has 5 N–H and O–H groups in total. The molecular weight excluding hydrogens is 640 g/mol. The maximum absolute atomic E-state index is 12.8. The predicted molar refractivity (Wildman–Crippen MR) is 205 cm³/mol. The Kier molecular flexibility index (Phi) is 13.0. The molecule has 51 heavy (non-hydrogen) atoms. The fourth-order valence-corrected chi connectivity index (χ4v) is 6.19. The highest BCUT2D eigenvalue weighted by Crippen LogP contribution is 2.29. The van der Waals surface area contributed by atoms with Crippen molar-refractivity contribution < 1.29 is 19.7 Å². The van der Waals surface area contributed by atoms with Gasteiger partial charge in [0.25, 0.3) is 0 Å². The molecule has 0 aliphatic carbocycles. The van der Waals surface area contributed by atoms with Gasteiger partial charge < -0.3 is 30.2 Å². The second-order valence-corrected chi connectivity index (χ2v) is 13.8. The number of fused-ring (bicyclic) bond motifs is 1. The van der Waals surface area contributed by atoms with Crippen molar-refractivity contribution in [3.8, 4) is 16.9 Å². The van der Waals surface area contributed by atoms with E-state index < -0.39 is 17.8 Å². The number of amides is 1. The number of aromatic hydroxyl groups is 1. The number of aromatic amines is 1. The minimum Gasteiger partial charge on any atom is -0.506 e. The van der Waals surface area contributed by atoms with Gasteiger partial charge in [-0.15, -0.1) is 0 Å². The normalized spacial score (nSPS) is 12.3. The van der Waals surface area contributed by atoms with Gasteiger partial charge in [-0.2, -0.15) is 0 Å². The molecule has 0 spiro atoms. The van der Waals surface area contributed by atoms with Crippen molar-refractivity contribution in [1.29, 1.82) is 0 Å². The average Bonchev–Trinajstić information content (AvgIpc) is 3.12. The zero-order valence-electron chi connectivity index (χ0n) is 29.8. The first-order valence-electron chi connectivity index (χ1n) is 17.7. The molecule has 5 rings (SSSR count). The molecule has 9 heteroatoms. The highest BCUT2D eigenvalue weighted by atomic mass is 16.6. The number of phenolic OH excluding ortho intramolecular Hbond substituents is 1. The highest BCUT2D eigenvalue weighted by molar-refractivity contribution is 5.91. The SMILES string of the molecule is CN(CCCCc1ccc(CCNC[C@H](O)c2ccc(O)c3[nH]c(=O)ccc23)cc1)CCC(C)(C)OC(=O)Nc1ccccc1-c1ccccc1. The van der Waals surface area contributed by atoms with Gasteiger partial charge in [0.15, 0.2) is 0 Å². The van der Waals surface area contributed by atoms with Crippen LogP contribution in [0.4, 0.5) is 10.5 Å². The van der Waals surface area contributed by atoms with Gasteiger partial charge in [-0.1, -0.05) is 78.9 Å². The summed E-state index contributed by atoms with van der Waals surface area (Å²) in [7, 11) is 2.11. The molecule has 0 aliphatic heterocycles. The lowest BCUT2D eigenvalue weighted by atomic mass is 10.0. The zero-order valence-corrected chi connectivity index (χ0v) is 29.8. The number of pyridine rings is 1. The lowest BCUT2D eigenvalue weighted by Crippen LogP contribution is -2.35. The predicted octanol–water partition coefficient (Wildman–Crippen LogP) is 7.44. The summed E-state index contributed by atoms with van der Waals surface area (Å²) in [4.78, 5) is 29.4. The molecule has 4 aromatic carbocycles. The molecule has 9 nitrogen and oxygen atoms in total. The Labute approximate surface area is 300 Å². The Balaban J connectivity index is 0.961. The Morgan fingerprint density at radius 3 is 2.33 bits per heavy atom. The number of H-pyrrole nitrogens is 1. The van der Waals surface area contributed by atoms with Crippen molar-refractivity contribution in [2.45, 2.75) is 57.7 Å². The summed E-state index contributed by atoms with van der Waals surface area (Å²) in [5.41, 5.74) is 5.34. The van der Waals surface area contributed by atoms with Crippen LogP contribution in [0.15, 0.2) is 108 Å². The molecule has 0 saturated carbocycles. The van der Waals surface area contributed by atoms with Gasteiger partial charge in [0, 0.05) is 30.1 Å². The van der Waals surface area contributed by atoms with Crippen molar-refractivity contribution in [2.75, 3.05) is 38.5 Å². The standard InChI is InChI=1S/C42H50N4O5/c1-42(2,51-41(50)44-36-15-8-7-14-33(36)32-12-5-4-6-13-32)25-28-46(3)27-10-9-11-30-16-18-31(19-17-30)24-26-43-29-38(48)34-20-22-37(47)40-35(34)21-23-39(49)45-40/h4-8,12-23,38,43,47-48H,9-11,24-29H2,1-3H3,(H,44,50)(H,45,49)/t38-/m0/s1. The van der Waals surface area contributed by atoms with E-state index in [4.69, 9.17) is 4.74 Å². The third-order valence-electron chi connectivity index (χ3n) is 9.19. The molecule has 0 saturated heterocycles. The van der Waals surface area contributed by atoms with Crippen LogP contribution >= 0.6 is 0 Å². The van der Waals surface area contributed by atoms with Gasteiger partial charge >= 0.3 is 6.09 Å². The number of carbonyl (C=O) groups excluding carboxylic acids is 1. The number of aryl methyl sites for hydroxylation is 1. The fourth-order valence-electron chi connectivity index (χ4n) is 6.19. The topological polar surface area (TPSA) is 127 Å². The maximum Gasteiger partial charge on any atom is 0.412 e. The van der Waals surface area contributed by atoms with E-state index in [1.54, 1.807) is 12.1 Å². The highest BCUT2D eigenvalue weighted by Gasteiger charge is 2.24. The van der Waals surface area contributed by atoms with Crippen LogP contribution in [0, 0.1) is 0 Å². The number of para-hydroxylation sites is 1. The molecule has 5 aromatic rings. The number of aliphatic hydroxyl groups excluding tert-OH is 1. The number of hydrogen-bond donors (Lipinski definition) is 5. The first-order valence-corrected chi connectivity index (χ1v) is 17.7. The number of hydrogen-bond acceptors (Lipinski definition) is 7. The molecule has 0 bridgehead atoms. The van der Waals surface area contributed by atoms with Crippen LogP contribution < -0.4 is 16.2 Å². The molecule has 0 aliphatic rings. The van der Waals surface area contributed by atoms with Gasteiger partial charge in [-0.3, -0.25) is 10.1 Å². The number of nitrogens with one attached hydrogen (secondary N) is 3. The van der Waals surface area contributed by atoms with Crippen LogP contribution in [0.5, 0.6) is 5.75 Å². The molecule has 0 fully saturated rings. The molecule has 1 amide bonds. The summed E-state index contributed by atoms with van der Waals surface area (Å²) in [5.74, 6) is -0.0190. The number of aromatic nitrogens is 1. The lowest BCUT2D eigenvalue weighted by molar-refractivity contribution is 0.0357. The van der Waals surface area contributed by atoms with Crippen LogP contribution in [0.2, 0.25) is 0 Å². The Bertz CT molecular complexity index is 1920. The van der Waals surface area contributed by atoms with E-state index in [9.17, 15) is 19.8 Å². The molecule has 0 unspecified atom stereocenters. The van der Waals surface area contributed by atoms with Crippen LogP contribution in [0.25, 0.3) is 22.0 Å². The summed E-state index contributed by atoms with van der Waals surface area (Å²) in [6.45, 7) is 6.78. The van der Waals surface area contributed by atoms with Crippen molar-refractivity contribution in [3.05, 3.63) is 130 Å². The molecule has 1 aromatic heterocycles.